The fourth-order valence-corrected chi connectivity index (χ4v) is 1.79. The largest absolute Gasteiger partial charge is 0.461 e. The molecule has 19 heavy (non-hydrogen) atoms. The maximum absolute atomic E-state index is 11.8. The van der Waals surface area contributed by atoms with Crippen molar-refractivity contribution in [3.05, 3.63) is 29.8 Å². The van der Waals surface area contributed by atoms with E-state index in [-0.39, 0.29) is 5.97 Å². The minimum absolute atomic E-state index is 0.252. The van der Waals surface area contributed by atoms with Gasteiger partial charge in [-0.1, -0.05) is 13.8 Å². The molecule has 0 amide bonds. The van der Waals surface area contributed by atoms with Crippen molar-refractivity contribution >= 4 is 11.7 Å². The van der Waals surface area contributed by atoms with E-state index in [4.69, 9.17) is 4.74 Å². The monoisotopic (exact) mass is 264 g/mol. The van der Waals surface area contributed by atoms with Crippen molar-refractivity contribution in [2.24, 2.45) is 0 Å². The lowest BCUT2D eigenvalue weighted by atomic mass is 10.2. The van der Waals surface area contributed by atoms with Gasteiger partial charge in [-0.3, -0.25) is 0 Å². The number of nitrogens with zero attached hydrogens (tertiary/aromatic N) is 2. The van der Waals surface area contributed by atoms with Crippen LogP contribution in [-0.2, 0) is 4.74 Å². The van der Waals surface area contributed by atoms with Gasteiger partial charge >= 0.3 is 5.97 Å². The van der Waals surface area contributed by atoms with Gasteiger partial charge in [-0.2, -0.15) is 0 Å². The Morgan fingerprint density at radius 3 is 2.16 bits per heavy atom. The maximum Gasteiger partial charge on any atom is 0.338 e. The SMILES string of the molecule is CCN(CC)CCOC(=O)c1ccc(N(C)C)cc1. The van der Waals surface area contributed by atoms with Crippen LogP contribution < -0.4 is 4.90 Å². The fraction of sp³-hybridized carbons (Fsp3) is 0.533. The Morgan fingerprint density at radius 1 is 1.11 bits per heavy atom. The van der Waals surface area contributed by atoms with E-state index in [1.807, 2.05) is 31.1 Å². The zero-order valence-corrected chi connectivity index (χ0v) is 12.3. The first kappa shape index (κ1) is 15.5. The fourth-order valence-electron chi connectivity index (χ4n) is 1.79. The normalized spacial score (nSPS) is 10.6. The summed E-state index contributed by atoms with van der Waals surface area (Å²) in [6, 6.07) is 7.44. The maximum atomic E-state index is 11.8. The lowest BCUT2D eigenvalue weighted by Gasteiger charge is -2.17. The van der Waals surface area contributed by atoms with Crippen molar-refractivity contribution in [1.82, 2.24) is 4.90 Å². The highest BCUT2D eigenvalue weighted by atomic mass is 16.5. The molecule has 1 aromatic rings. The molecule has 0 fully saturated rings. The third kappa shape index (κ3) is 4.91. The average molecular weight is 264 g/mol. The van der Waals surface area contributed by atoms with Crippen LogP contribution in [0.2, 0.25) is 0 Å². The molecule has 0 spiro atoms. The highest BCUT2D eigenvalue weighted by molar-refractivity contribution is 5.89. The Hall–Kier alpha value is -1.55. The predicted octanol–water partition coefficient (Wildman–Crippen LogP) is 2.25. The summed E-state index contributed by atoms with van der Waals surface area (Å²) in [5.74, 6) is -0.252. The molecule has 0 aliphatic carbocycles. The molecule has 0 saturated heterocycles. The van der Waals surface area contributed by atoms with Crippen molar-refractivity contribution in [3.63, 3.8) is 0 Å². The van der Waals surface area contributed by atoms with E-state index in [2.05, 4.69) is 18.7 Å². The number of anilines is 1. The van der Waals surface area contributed by atoms with E-state index in [0.29, 0.717) is 12.2 Å². The van der Waals surface area contributed by atoms with Gasteiger partial charge in [0.15, 0.2) is 0 Å². The molecule has 0 radical (unpaired) electrons. The molecule has 0 aliphatic heterocycles. The number of likely N-dealkylation sites (N-methyl/N-ethyl adjacent to an activating group) is 1. The van der Waals surface area contributed by atoms with Gasteiger partial charge in [0.2, 0.25) is 0 Å². The second-order valence-electron chi connectivity index (χ2n) is 4.60. The van der Waals surface area contributed by atoms with E-state index < -0.39 is 0 Å². The Morgan fingerprint density at radius 2 is 1.68 bits per heavy atom. The molecule has 0 aliphatic rings. The van der Waals surface area contributed by atoms with Crippen LogP contribution in [0.1, 0.15) is 24.2 Å². The number of ether oxygens (including phenoxy) is 1. The van der Waals surface area contributed by atoms with Gasteiger partial charge in [0.25, 0.3) is 0 Å². The zero-order chi connectivity index (χ0) is 14.3. The third-order valence-corrected chi connectivity index (χ3v) is 3.15. The smallest absolute Gasteiger partial charge is 0.338 e. The summed E-state index contributed by atoms with van der Waals surface area (Å²) in [6.07, 6.45) is 0. The number of rotatable bonds is 7. The van der Waals surface area contributed by atoms with Gasteiger partial charge in [-0.15, -0.1) is 0 Å². The molecule has 0 bridgehead atoms. The number of hydrogen-bond donors (Lipinski definition) is 0. The summed E-state index contributed by atoms with van der Waals surface area (Å²) in [5.41, 5.74) is 1.67. The lowest BCUT2D eigenvalue weighted by molar-refractivity contribution is 0.0466. The molecule has 0 saturated carbocycles. The predicted molar refractivity (Wildman–Crippen MR) is 78.8 cm³/mol. The first-order valence-corrected chi connectivity index (χ1v) is 6.75. The summed E-state index contributed by atoms with van der Waals surface area (Å²) < 4.78 is 5.27. The van der Waals surface area contributed by atoms with Crippen LogP contribution in [0.4, 0.5) is 5.69 Å². The Balaban J connectivity index is 2.45. The van der Waals surface area contributed by atoms with Crippen molar-refractivity contribution < 1.29 is 9.53 Å². The molecule has 0 N–H and O–H groups in total. The lowest BCUT2D eigenvalue weighted by Crippen LogP contribution is -2.27. The summed E-state index contributed by atoms with van der Waals surface area (Å²) in [5, 5.41) is 0. The Kier molecular flexibility index (Phi) is 6.36. The highest BCUT2D eigenvalue weighted by Gasteiger charge is 2.08. The molecular weight excluding hydrogens is 240 g/mol. The van der Waals surface area contributed by atoms with Crippen molar-refractivity contribution in [1.29, 1.82) is 0 Å². The third-order valence-electron chi connectivity index (χ3n) is 3.15. The molecule has 106 valence electrons. The van der Waals surface area contributed by atoms with Gasteiger partial charge in [0.05, 0.1) is 5.56 Å². The van der Waals surface area contributed by atoms with Crippen molar-refractivity contribution in [3.8, 4) is 0 Å². The van der Waals surface area contributed by atoms with Crippen LogP contribution in [0.15, 0.2) is 24.3 Å². The second kappa shape index (κ2) is 7.79. The van der Waals surface area contributed by atoms with Gasteiger partial charge in [-0.05, 0) is 37.4 Å². The number of carbonyl (C=O) groups is 1. The highest BCUT2D eigenvalue weighted by Crippen LogP contribution is 2.12. The van der Waals surface area contributed by atoms with Crippen LogP contribution in [-0.4, -0.2) is 51.2 Å². The first-order chi connectivity index (χ1) is 9.08. The van der Waals surface area contributed by atoms with Gasteiger partial charge < -0.3 is 14.5 Å². The molecular formula is C15H24N2O2. The van der Waals surface area contributed by atoms with Crippen LogP contribution in [0.5, 0.6) is 0 Å². The van der Waals surface area contributed by atoms with Crippen LogP contribution in [0, 0.1) is 0 Å². The minimum atomic E-state index is -0.252. The summed E-state index contributed by atoms with van der Waals surface area (Å²) in [6.45, 7) is 7.39. The van der Waals surface area contributed by atoms with Crippen molar-refractivity contribution in [2.75, 3.05) is 45.2 Å². The van der Waals surface area contributed by atoms with E-state index in [1.165, 1.54) is 0 Å². The molecule has 0 atom stereocenters. The summed E-state index contributed by atoms with van der Waals surface area (Å²) in [4.78, 5) is 16.0. The van der Waals surface area contributed by atoms with Crippen LogP contribution in [0.3, 0.4) is 0 Å². The van der Waals surface area contributed by atoms with Gasteiger partial charge in [-0.25, -0.2) is 4.79 Å². The summed E-state index contributed by atoms with van der Waals surface area (Å²) >= 11 is 0. The number of benzene rings is 1. The zero-order valence-electron chi connectivity index (χ0n) is 12.3. The van der Waals surface area contributed by atoms with Crippen LogP contribution in [0.25, 0.3) is 0 Å². The Labute approximate surface area is 116 Å². The standard InChI is InChI=1S/C15H24N2O2/c1-5-17(6-2)11-12-19-15(18)13-7-9-14(10-8-13)16(3)4/h7-10H,5-6,11-12H2,1-4H3. The van der Waals surface area contributed by atoms with Crippen LogP contribution >= 0.6 is 0 Å². The van der Waals surface area contributed by atoms with Gasteiger partial charge in [0, 0.05) is 26.3 Å². The van der Waals surface area contributed by atoms with Crippen molar-refractivity contribution in [2.45, 2.75) is 13.8 Å². The van der Waals surface area contributed by atoms with E-state index >= 15 is 0 Å². The first-order valence-electron chi connectivity index (χ1n) is 6.75. The minimum Gasteiger partial charge on any atom is -0.461 e. The van der Waals surface area contributed by atoms with E-state index in [9.17, 15) is 4.79 Å². The topological polar surface area (TPSA) is 32.8 Å². The molecule has 0 unspecified atom stereocenters. The molecule has 1 aromatic carbocycles. The molecule has 0 aromatic heterocycles. The van der Waals surface area contributed by atoms with E-state index in [1.54, 1.807) is 12.1 Å². The second-order valence-corrected chi connectivity index (χ2v) is 4.60. The molecule has 1 rings (SSSR count). The molecule has 4 heteroatoms. The quantitative estimate of drug-likeness (QED) is 0.707. The van der Waals surface area contributed by atoms with E-state index in [0.717, 1.165) is 25.3 Å². The average Bonchev–Trinajstić information content (AvgIpc) is 2.43. The molecule has 0 heterocycles. The number of hydrogen-bond acceptors (Lipinski definition) is 4. The summed E-state index contributed by atoms with van der Waals surface area (Å²) in [7, 11) is 3.94. The molecule has 4 nitrogen and oxygen atoms in total. The number of esters is 1. The Bertz CT molecular complexity index is 384. The number of carbonyl (C=O) groups excluding carboxylic acids is 1. The van der Waals surface area contributed by atoms with Gasteiger partial charge in [0.1, 0.15) is 6.61 Å².